The maximum Gasteiger partial charge on any atom is 0.306 e. The molecule has 1 atom stereocenters. The van der Waals surface area contributed by atoms with E-state index in [1.165, 1.54) is 25.7 Å². The average molecular weight is 1030 g/mol. The first-order chi connectivity index (χ1) is 37.0. The van der Waals surface area contributed by atoms with Crippen LogP contribution in [-0.2, 0) is 28.6 Å². The number of unbranched alkanes of at least 4 members (excludes halogenated alkanes) is 15. The first-order valence-corrected chi connectivity index (χ1v) is 30.0. The molecule has 1 unspecified atom stereocenters. The van der Waals surface area contributed by atoms with Crippen LogP contribution in [0.3, 0.4) is 0 Å². The Morgan fingerprint density at radius 3 is 0.813 bits per heavy atom. The van der Waals surface area contributed by atoms with Gasteiger partial charge in [-0.2, -0.15) is 0 Å². The number of carbonyl (C=O) groups excluding carboxylic acids is 3. The fraction of sp³-hybridized carbons (Fsp3) is 0.580. The van der Waals surface area contributed by atoms with Gasteiger partial charge < -0.3 is 14.2 Å². The fourth-order valence-electron chi connectivity index (χ4n) is 7.60. The van der Waals surface area contributed by atoms with Gasteiger partial charge in [0.1, 0.15) is 13.2 Å². The van der Waals surface area contributed by atoms with Gasteiger partial charge in [-0.3, -0.25) is 14.4 Å². The summed E-state index contributed by atoms with van der Waals surface area (Å²) >= 11 is 0. The molecule has 0 aromatic carbocycles. The lowest BCUT2D eigenvalue weighted by Gasteiger charge is -2.18. The van der Waals surface area contributed by atoms with Gasteiger partial charge in [-0.15, -0.1) is 0 Å². The Labute approximate surface area is 460 Å². The lowest BCUT2D eigenvalue weighted by atomic mass is 10.1. The van der Waals surface area contributed by atoms with Crippen LogP contribution in [-0.4, -0.2) is 37.2 Å². The molecule has 0 amide bonds. The molecule has 0 bridgehead atoms. The zero-order chi connectivity index (χ0) is 54.3. The van der Waals surface area contributed by atoms with Gasteiger partial charge in [-0.25, -0.2) is 0 Å². The van der Waals surface area contributed by atoms with Gasteiger partial charge in [0.05, 0.1) is 0 Å². The molecule has 6 nitrogen and oxygen atoms in total. The van der Waals surface area contributed by atoms with Gasteiger partial charge in [0.25, 0.3) is 0 Å². The van der Waals surface area contributed by atoms with Crippen molar-refractivity contribution in [3.63, 3.8) is 0 Å². The minimum absolute atomic E-state index is 0.0996. The fourth-order valence-corrected chi connectivity index (χ4v) is 7.60. The largest absolute Gasteiger partial charge is 0.462 e. The molecule has 75 heavy (non-hydrogen) atoms. The second-order valence-corrected chi connectivity index (χ2v) is 19.1. The third-order valence-corrected chi connectivity index (χ3v) is 12.0. The average Bonchev–Trinajstić information content (AvgIpc) is 3.41. The van der Waals surface area contributed by atoms with Crippen LogP contribution in [0.25, 0.3) is 0 Å². The number of hydrogen-bond acceptors (Lipinski definition) is 6. The van der Waals surface area contributed by atoms with E-state index in [9.17, 15) is 14.4 Å². The van der Waals surface area contributed by atoms with E-state index in [1.54, 1.807) is 0 Å². The summed E-state index contributed by atoms with van der Waals surface area (Å²) in [7, 11) is 0. The first kappa shape index (κ1) is 70.0. The monoisotopic (exact) mass is 1030 g/mol. The van der Waals surface area contributed by atoms with Crippen molar-refractivity contribution in [1.82, 2.24) is 0 Å². The SMILES string of the molecule is CC/C=C\C/C=C\C/C=C\C/C=C\C/C=C\C/C=C\C/C=C\C/C=C\C/C=C\CCCCCCCC(=O)OCC(COC(=O)CCCCCCCCC)OC(=O)CCCCCC/C=C\C/C=C\C/C=C\C/C=C\CC. The highest BCUT2D eigenvalue weighted by Gasteiger charge is 2.19. The van der Waals surface area contributed by atoms with Gasteiger partial charge in [-0.05, 0) is 128 Å². The molecule has 0 heterocycles. The molecule has 0 aromatic heterocycles. The Kier molecular flexibility index (Phi) is 57.5. The van der Waals surface area contributed by atoms with Crippen molar-refractivity contribution in [3.05, 3.63) is 158 Å². The topological polar surface area (TPSA) is 78.9 Å². The van der Waals surface area contributed by atoms with E-state index in [4.69, 9.17) is 14.2 Å². The van der Waals surface area contributed by atoms with Crippen LogP contribution >= 0.6 is 0 Å². The highest BCUT2D eigenvalue weighted by Crippen LogP contribution is 2.13. The van der Waals surface area contributed by atoms with E-state index < -0.39 is 6.10 Å². The summed E-state index contributed by atoms with van der Waals surface area (Å²) in [5.74, 6) is -0.958. The van der Waals surface area contributed by atoms with E-state index in [2.05, 4.69) is 179 Å². The second-order valence-electron chi connectivity index (χ2n) is 19.1. The molecule has 0 aliphatic rings. The van der Waals surface area contributed by atoms with Crippen molar-refractivity contribution >= 4 is 17.9 Å². The van der Waals surface area contributed by atoms with Gasteiger partial charge in [0.15, 0.2) is 6.10 Å². The minimum Gasteiger partial charge on any atom is -0.462 e. The summed E-state index contributed by atoms with van der Waals surface area (Å²) in [6.07, 6.45) is 89.8. The minimum atomic E-state index is -0.803. The summed E-state index contributed by atoms with van der Waals surface area (Å²) in [4.78, 5) is 38.0. The van der Waals surface area contributed by atoms with E-state index in [0.717, 1.165) is 173 Å². The Bertz CT molecular complexity index is 1710. The number of rotatable bonds is 52. The van der Waals surface area contributed by atoms with Gasteiger partial charge in [-0.1, -0.05) is 249 Å². The van der Waals surface area contributed by atoms with Crippen LogP contribution in [0, 0.1) is 0 Å². The molecule has 0 fully saturated rings. The maximum atomic E-state index is 12.8. The van der Waals surface area contributed by atoms with Crippen molar-refractivity contribution in [2.75, 3.05) is 13.2 Å². The summed E-state index contributed by atoms with van der Waals surface area (Å²) in [5, 5.41) is 0. The Morgan fingerprint density at radius 2 is 0.520 bits per heavy atom. The Balaban J connectivity index is 4.25. The number of allylic oxidation sites excluding steroid dienone is 26. The maximum absolute atomic E-state index is 12.8. The first-order valence-electron chi connectivity index (χ1n) is 30.0. The quantitative estimate of drug-likeness (QED) is 0.0261. The van der Waals surface area contributed by atoms with Gasteiger partial charge in [0, 0.05) is 19.3 Å². The summed E-state index contributed by atoms with van der Waals surface area (Å²) < 4.78 is 16.7. The molecule has 0 rings (SSSR count). The van der Waals surface area contributed by atoms with Crippen molar-refractivity contribution < 1.29 is 28.6 Å². The predicted molar refractivity (Wildman–Crippen MR) is 325 cm³/mol. The second kappa shape index (κ2) is 61.6. The van der Waals surface area contributed by atoms with Crippen molar-refractivity contribution in [3.8, 4) is 0 Å². The molecule has 0 spiro atoms. The number of ether oxygens (including phenoxy) is 3. The normalized spacial score (nSPS) is 13.3. The van der Waals surface area contributed by atoms with Crippen LogP contribution < -0.4 is 0 Å². The molecule has 6 heteroatoms. The lowest BCUT2D eigenvalue weighted by Crippen LogP contribution is -2.30. The van der Waals surface area contributed by atoms with Gasteiger partial charge >= 0.3 is 17.9 Å². The highest BCUT2D eigenvalue weighted by molar-refractivity contribution is 5.71. The van der Waals surface area contributed by atoms with E-state index in [1.807, 2.05) is 0 Å². The van der Waals surface area contributed by atoms with Crippen LogP contribution in [0.4, 0.5) is 0 Å². The van der Waals surface area contributed by atoms with Crippen molar-refractivity contribution in [1.29, 1.82) is 0 Å². The number of esters is 3. The summed E-state index contributed by atoms with van der Waals surface area (Å²) in [5.41, 5.74) is 0. The molecule has 0 N–H and O–H groups in total. The molecule has 0 radical (unpaired) electrons. The van der Waals surface area contributed by atoms with E-state index >= 15 is 0 Å². The van der Waals surface area contributed by atoms with Crippen LogP contribution in [0.15, 0.2) is 158 Å². The molecular formula is C69H108O6. The predicted octanol–water partition coefficient (Wildman–Crippen LogP) is 20.5. The molecule has 0 saturated heterocycles. The Morgan fingerprint density at radius 1 is 0.280 bits per heavy atom. The van der Waals surface area contributed by atoms with Crippen molar-refractivity contribution in [2.45, 2.75) is 245 Å². The molecule has 420 valence electrons. The lowest BCUT2D eigenvalue weighted by molar-refractivity contribution is -0.167. The van der Waals surface area contributed by atoms with Gasteiger partial charge in [0.2, 0.25) is 0 Å². The van der Waals surface area contributed by atoms with Crippen LogP contribution in [0.1, 0.15) is 239 Å². The zero-order valence-electron chi connectivity index (χ0n) is 48.0. The van der Waals surface area contributed by atoms with Crippen LogP contribution in [0.2, 0.25) is 0 Å². The third kappa shape index (κ3) is 59.8. The number of hydrogen-bond donors (Lipinski definition) is 0. The Hall–Kier alpha value is -4.97. The molecular weight excluding hydrogens is 925 g/mol. The smallest absolute Gasteiger partial charge is 0.306 e. The molecule has 0 aliphatic heterocycles. The molecule has 0 aliphatic carbocycles. The van der Waals surface area contributed by atoms with E-state index in [0.29, 0.717) is 19.3 Å². The van der Waals surface area contributed by atoms with Crippen molar-refractivity contribution in [2.24, 2.45) is 0 Å². The highest BCUT2D eigenvalue weighted by atomic mass is 16.6. The molecule has 0 saturated carbocycles. The third-order valence-electron chi connectivity index (χ3n) is 12.0. The van der Waals surface area contributed by atoms with Crippen LogP contribution in [0.5, 0.6) is 0 Å². The van der Waals surface area contributed by atoms with E-state index in [-0.39, 0.29) is 31.1 Å². The molecule has 0 aromatic rings. The summed E-state index contributed by atoms with van der Waals surface area (Å²) in [6, 6.07) is 0. The standard InChI is InChI=1S/C69H108O6/c1-4-7-10-13-16-18-20-22-24-26-27-28-29-30-31-32-33-34-35-36-37-38-39-40-41-43-44-46-48-50-53-56-59-62-68(71)74-65-66(64-73-67(70)61-58-55-52-15-12-9-6-3)75-69(72)63-60-57-54-51-49-47-45-42-25-23-21-19-17-14-11-8-5-2/h7-8,10-11,16-19,22-25,27-28,30-31,33-34,36-37,39-40,43-45,47,66H,4-6,9,12-15,20-21,26,29,32,35,38,41-42,46,48-65H2,1-3H3/b10-7-,11-8-,18-16-,19-17-,24-22-,25-23-,28-27-,31-30-,34-33-,37-36-,40-39-,44-43-,47-45-. The zero-order valence-corrected chi connectivity index (χ0v) is 48.0. The number of carbonyl (C=O) groups is 3. The summed E-state index contributed by atoms with van der Waals surface area (Å²) in [6.45, 7) is 6.31.